The van der Waals surface area contributed by atoms with E-state index < -0.39 is 32.4 Å². The zero-order valence-electron chi connectivity index (χ0n) is 11.4. The first-order valence-corrected chi connectivity index (χ1v) is 7.88. The van der Waals surface area contributed by atoms with Crippen LogP contribution >= 0.6 is 0 Å². The number of halogens is 3. The third-order valence-corrected chi connectivity index (χ3v) is 4.52. The van der Waals surface area contributed by atoms with Gasteiger partial charge in [-0.3, -0.25) is 9.71 Å². The van der Waals surface area contributed by atoms with Crippen molar-refractivity contribution in [2.45, 2.75) is 4.90 Å². The number of fused-ring (bicyclic) bond motifs is 1. The quantitative estimate of drug-likeness (QED) is 0.796. The van der Waals surface area contributed by atoms with Gasteiger partial charge in [-0.25, -0.2) is 21.6 Å². The highest BCUT2D eigenvalue weighted by molar-refractivity contribution is 7.92. The summed E-state index contributed by atoms with van der Waals surface area (Å²) in [4.78, 5) is 2.83. The molecule has 0 spiro atoms. The molecular formula is C15H9F3N2O2S. The minimum Gasteiger partial charge on any atom is -0.277 e. The van der Waals surface area contributed by atoms with Crippen molar-refractivity contribution in [2.24, 2.45) is 0 Å². The molecule has 8 heteroatoms. The summed E-state index contributed by atoms with van der Waals surface area (Å²) in [6, 6.07) is 7.83. The van der Waals surface area contributed by atoms with Crippen LogP contribution in [0.2, 0.25) is 0 Å². The van der Waals surface area contributed by atoms with Crippen LogP contribution in [0.25, 0.3) is 10.9 Å². The van der Waals surface area contributed by atoms with Crippen LogP contribution in [-0.4, -0.2) is 13.4 Å². The highest BCUT2D eigenvalue weighted by Gasteiger charge is 2.25. The number of anilines is 1. The maximum atomic E-state index is 13.7. The second kappa shape index (κ2) is 5.54. The maximum absolute atomic E-state index is 13.7. The Bertz CT molecular complexity index is 987. The average Bonchev–Trinajstić information content (AvgIpc) is 2.46. The molecular weight excluding hydrogens is 329 g/mol. The predicted molar refractivity (Wildman–Crippen MR) is 78.9 cm³/mol. The first-order valence-electron chi connectivity index (χ1n) is 6.39. The van der Waals surface area contributed by atoms with E-state index in [1.165, 1.54) is 18.3 Å². The molecule has 2 aromatic carbocycles. The maximum Gasteiger partial charge on any atom is 0.267 e. The second-order valence-corrected chi connectivity index (χ2v) is 6.30. The van der Waals surface area contributed by atoms with Crippen LogP contribution in [0.3, 0.4) is 0 Å². The average molecular weight is 338 g/mol. The summed E-state index contributed by atoms with van der Waals surface area (Å²) < 4.78 is 67.5. The lowest BCUT2D eigenvalue weighted by molar-refractivity contribution is 0.521. The fourth-order valence-corrected chi connectivity index (χ4v) is 3.37. The van der Waals surface area contributed by atoms with Crippen LogP contribution in [0, 0.1) is 17.5 Å². The Kier molecular flexibility index (Phi) is 3.69. The number of aromatic nitrogens is 1. The van der Waals surface area contributed by atoms with E-state index in [0.29, 0.717) is 5.39 Å². The highest BCUT2D eigenvalue weighted by Crippen LogP contribution is 2.27. The molecule has 0 radical (unpaired) electrons. The minimum atomic E-state index is -4.59. The van der Waals surface area contributed by atoms with Gasteiger partial charge >= 0.3 is 0 Å². The molecule has 1 aromatic heterocycles. The molecule has 4 nitrogen and oxygen atoms in total. The van der Waals surface area contributed by atoms with E-state index in [0.717, 1.165) is 24.3 Å². The monoisotopic (exact) mass is 338 g/mol. The van der Waals surface area contributed by atoms with E-state index in [1.807, 2.05) is 4.72 Å². The molecule has 1 heterocycles. The van der Waals surface area contributed by atoms with Crippen LogP contribution < -0.4 is 4.72 Å². The van der Waals surface area contributed by atoms with Gasteiger partial charge in [0.2, 0.25) is 0 Å². The first-order chi connectivity index (χ1) is 10.9. The molecule has 3 rings (SSSR count). The van der Waals surface area contributed by atoms with Crippen molar-refractivity contribution < 1.29 is 21.6 Å². The summed E-state index contributed by atoms with van der Waals surface area (Å²) in [7, 11) is -4.59. The lowest BCUT2D eigenvalue weighted by Crippen LogP contribution is -2.17. The third kappa shape index (κ3) is 2.85. The zero-order chi connectivity index (χ0) is 16.6. The van der Waals surface area contributed by atoms with Gasteiger partial charge in [0.15, 0.2) is 4.90 Å². The fraction of sp³-hybridized carbons (Fsp3) is 0. The topological polar surface area (TPSA) is 59.1 Å². The van der Waals surface area contributed by atoms with Gasteiger partial charge in [0, 0.05) is 17.6 Å². The van der Waals surface area contributed by atoms with Crippen molar-refractivity contribution in [2.75, 3.05) is 4.72 Å². The minimum absolute atomic E-state index is 0.161. The van der Waals surface area contributed by atoms with Crippen molar-refractivity contribution in [1.29, 1.82) is 0 Å². The van der Waals surface area contributed by atoms with Crippen LogP contribution in [0.15, 0.2) is 53.6 Å². The SMILES string of the molecule is O=S(=O)(Nc1cc(F)cc2cccnc12)c1c(F)cccc1F. The smallest absolute Gasteiger partial charge is 0.267 e. The number of hydrogen-bond acceptors (Lipinski definition) is 3. The van der Waals surface area contributed by atoms with E-state index in [-0.39, 0.29) is 11.2 Å². The van der Waals surface area contributed by atoms with E-state index >= 15 is 0 Å². The Balaban J connectivity index is 2.15. The lowest BCUT2D eigenvalue weighted by Gasteiger charge is -2.11. The molecule has 0 saturated heterocycles. The molecule has 0 fully saturated rings. The normalized spacial score (nSPS) is 11.6. The van der Waals surface area contributed by atoms with Crippen LogP contribution in [0.4, 0.5) is 18.9 Å². The first kappa shape index (κ1) is 15.3. The standard InChI is InChI=1S/C15H9F3N2O2S/c16-10-7-9-3-2-6-19-14(9)13(8-10)20-23(21,22)15-11(17)4-1-5-12(15)18/h1-8,20H. The molecule has 0 atom stereocenters. The molecule has 3 aromatic rings. The largest absolute Gasteiger partial charge is 0.277 e. The second-order valence-electron chi connectivity index (χ2n) is 4.68. The molecule has 118 valence electrons. The summed E-state index contributed by atoms with van der Waals surface area (Å²) in [6.07, 6.45) is 1.39. The Hall–Kier alpha value is -2.61. The highest BCUT2D eigenvalue weighted by atomic mass is 32.2. The summed E-state index contributed by atoms with van der Waals surface area (Å²) in [5, 5.41) is 0.346. The van der Waals surface area contributed by atoms with Crippen molar-refractivity contribution >= 4 is 26.6 Å². The van der Waals surface area contributed by atoms with Gasteiger partial charge in [-0.15, -0.1) is 0 Å². The van der Waals surface area contributed by atoms with E-state index in [9.17, 15) is 21.6 Å². The number of nitrogens with zero attached hydrogens (tertiary/aromatic N) is 1. The number of sulfonamides is 1. The van der Waals surface area contributed by atoms with Crippen molar-refractivity contribution in [3.8, 4) is 0 Å². The molecule has 0 aliphatic heterocycles. The van der Waals surface area contributed by atoms with Gasteiger partial charge in [0.25, 0.3) is 10.0 Å². The molecule has 0 saturated carbocycles. The van der Waals surface area contributed by atoms with Crippen LogP contribution in [-0.2, 0) is 10.0 Å². The molecule has 0 unspecified atom stereocenters. The summed E-state index contributed by atoms with van der Waals surface area (Å²) >= 11 is 0. The molecule has 23 heavy (non-hydrogen) atoms. The number of benzene rings is 2. The molecule has 0 amide bonds. The van der Waals surface area contributed by atoms with Gasteiger partial charge < -0.3 is 0 Å². The Labute approximate surface area is 129 Å². The number of rotatable bonds is 3. The fourth-order valence-electron chi connectivity index (χ4n) is 2.17. The van der Waals surface area contributed by atoms with Gasteiger partial charge in [-0.2, -0.15) is 0 Å². The van der Waals surface area contributed by atoms with Gasteiger partial charge in [0.1, 0.15) is 17.5 Å². The van der Waals surface area contributed by atoms with E-state index in [2.05, 4.69) is 4.98 Å². The Morgan fingerprint density at radius 2 is 1.65 bits per heavy atom. The van der Waals surface area contributed by atoms with Gasteiger partial charge in [0.05, 0.1) is 11.2 Å². The van der Waals surface area contributed by atoms with E-state index in [1.54, 1.807) is 6.07 Å². The summed E-state index contributed by atoms with van der Waals surface area (Å²) in [5.41, 5.74) is -0.0440. The van der Waals surface area contributed by atoms with Crippen molar-refractivity contribution in [3.63, 3.8) is 0 Å². The van der Waals surface area contributed by atoms with Crippen molar-refractivity contribution in [3.05, 3.63) is 66.1 Å². The van der Waals surface area contributed by atoms with E-state index in [4.69, 9.17) is 0 Å². The van der Waals surface area contributed by atoms with Gasteiger partial charge in [-0.1, -0.05) is 12.1 Å². The zero-order valence-corrected chi connectivity index (χ0v) is 12.2. The summed E-state index contributed by atoms with van der Waals surface area (Å²) in [5.74, 6) is -3.20. The van der Waals surface area contributed by atoms with Crippen molar-refractivity contribution in [1.82, 2.24) is 4.98 Å². The van der Waals surface area contributed by atoms with Crippen LogP contribution in [0.1, 0.15) is 0 Å². The predicted octanol–water partition coefficient (Wildman–Crippen LogP) is 3.45. The molecule has 0 aliphatic carbocycles. The number of nitrogens with one attached hydrogen (secondary N) is 1. The number of pyridine rings is 1. The summed E-state index contributed by atoms with van der Waals surface area (Å²) in [6.45, 7) is 0. The van der Waals surface area contributed by atoms with Gasteiger partial charge in [-0.05, 0) is 24.3 Å². The third-order valence-electron chi connectivity index (χ3n) is 3.10. The lowest BCUT2D eigenvalue weighted by atomic mass is 10.2. The number of hydrogen-bond donors (Lipinski definition) is 1. The Morgan fingerprint density at radius 1 is 0.957 bits per heavy atom. The molecule has 1 N–H and O–H groups in total. The molecule has 0 bridgehead atoms. The molecule has 0 aliphatic rings. The Morgan fingerprint density at radius 3 is 2.35 bits per heavy atom. The van der Waals surface area contributed by atoms with Crippen LogP contribution in [0.5, 0.6) is 0 Å².